The molecule has 2 fully saturated rings. The summed E-state index contributed by atoms with van der Waals surface area (Å²) in [5.41, 5.74) is 1.02. The van der Waals surface area contributed by atoms with Crippen LogP contribution in [0.25, 0.3) is 0 Å². The van der Waals surface area contributed by atoms with E-state index >= 15 is 0 Å². The molecule has 3 heterocycles. The highest BCUT2D eigenvalue weighted by atomic mass is 32.2. The van der Waals surface area contributed by atoms with Gasteiger partial charge in [0, 0.05) is 45.1 Å². The molecule has 3 rings (SSSR count). The van der Waals surface area contributed by atoms with Crippen LogP contribution in [0.3, 0.4) is 0 Å². The Bertz CT molecular complexity index is 636. The highest BCUT2D eigenvalue weighted by Gasteiger charge is 2.30. The minimum Gasteiger partial charge on any atom is -0.332 e. The van der Waals surface area contributed by atoms with Gasteiger partial charge in [-0.05, 0) is 11.6 Å². The Morgan fingerprint density at radius 1 is 1.30 bits per heavy atom. The molecule has 8 heteroatoms. The zero-order valence-electron chi connectivity index (χ0n) is 13.0. The van der Waals surface area contributed by atoms with Crippen LogP contribution in [-0.4, -0.2) is 79.9 Å². The number of nitrogens with one attached hydrogen (secondary N) is 1. The van der Waals surface area contributed by atoms with Crippen molar-refractivity contribution in [2.24, 2.45) is 0 Å². The van der Waals surface area contributed by atoms with Crippen LogP contribution >= 0.6 is 0 Å². The van der Waals surface area contributed by atoms with Crippen LogP contribution in [0.1, 0.15) is 11.6 Å². The summed E-state index contributed by atoms with van der Waals surface area (Å²) < 4.78 is 23.0. The number of piperazine rings is 1. The fourth-order valence-electron chi connectivity index (χ4n) is 3.06. The topological polar surface area (TPSA) is 82.6 Å². The maximum atomic E-state index is 12.7. The van der Waals surface area contributed by atoms with Gasteiger partial charge >= 0.3 is 0 Å². The average Bonchev–Trinajstić information content (AvgIpc) is 2.57. The smallest absolute Gasteiger partial charge is 0.237 e. The lowest BCUT2D eigenvalue weighted by atomic mass is 10.1. The lowest BCUT2D eigenvalue weighted by Crippen LogP contribution is -2.52. The number of carbonyl (C=O) groups is 1. The number of aromatic nitrogens is 1. The Morgan fingerprint density at radius 3 is 2.78 bits per heavy atom. The largest absolute Gasteiger partial charge is 0.332 e. The van der Waals surface area contributed by atoms with E-state index in [4.69, 9.17) is 0 Å². The first kappa shape index (κ1) is 16.4. The van der Waals surface area contributed by atoms with Crippen molar-refractivity contribution in [2.75, 3.05) is 50.8 Å². The first-order chi connectivity index (χ1) is 11.1. The number of amides is 1. The molecule has 126 valence electrons. The maximum Gasteiger partial charge on any atom is 0.237 e. The third-order valence-corrected chi connectivity index (χ3v) is 6.04. The summed E-state index contributed by atoms with van der Waals surface area (Å²) in [6.07, 6.45) is 3.52. The first-order valence-electron chi connectivity index (χ1n) is 7.88. The van der Waals surface area contributed by atoms with Crippen molar-refractivity contribution in [2.45, 2.75) is 6.04 Å². The predicted molar refractivity (Wildman–Crippen MR) is 86.7 cm³/mol. The van der Waals surface area contributed by atoms with Crippen molar-refractivity contribution in [3.63, 3.8) is 0 Å². The summed E-state index contributed by atoms with van der Waals surface area (Å²) in [7, 11) is -2.91. The summed E-state index contributed by atoms with van der Waals surface area (Å²) in [5.74, 6) is 0.349. The Morgan fingerprint density at radius 2 is 2.09 bits per heavy atom. The molecule has 1 aromatic rings. The van der Waals surface area contributed by atoms with Gasteiger partial charge in [-0.3, -0.25) is 14.7 Å². The van der Waals surface area contributed by atoms with Gasteiger partial charge in [0.25, 0.3) is 0 Å². The zero-order valence-corrected chi connectivity index (χ0v) is 13.8. The van der Waals surface area contributed by atoms with Gasteiger partial charge < -0.3 is 10.2 Å². The molecule has 1 N–H and O–H groups in total. The second-order valence-corrected chi connectivity index (χ2v) is 8.33. The normalized spacial score (nSPS) is 25.2. The van der Waals surface area contributed by atoms with Gasteiger partial charge in [0.2, 0.25) is 5.91 Å². The van der Waals surface area contributed by atoms with Crippen LogP contribution in [0.15, 0.2) is 24.5 Å². The van der Waals surface area contributed by atoms with E-state index in [1.165, 1.54) is 0 Å². The van der Waals surface area contributed by atoms with Crippen molar-refractivity contribution in [1.82, 2.24) is 20.1 Å². The number of pyridine rings is 1. The Balaban J connectivity index is 1.65. The number of rotatable bonds is 3. The Kier molecular flexibility index (Phi) is 4.93. The van der Waals surface area contributed by atoms with E-state index in [1.807, 2.05) is 21.9 Å². The summed E-state index contributed by atoms with van der Waals surface area (Å²) in [5, 5.41) is 3.32. The van der Waals surface area contributed by atoms with E-state index < -0.39 is 9.84 Å². The van der Waals surface area contributed by atoms with Gasteiger partial charge in [-0.1, -0.05) is 6.07 Å². The number of nitrogens with zero attached hydrogens (tertiary/aromatic N) is 3. The van der Waals surface area contributed by atoms with E-state index in [1.54, 1.807) is 12.4 Å². The summed E-state index contributed by atoms with van der Waals surface area (Å²) >= 11 is 0. The van der Waals surface area contributed by atoms with Crippen molar-refractivity contribution in [1.29, 1.82) is 0 Å². The first-order valence-corrected chi connectivity index (χ1v) is 9.70. The summed E-state index contributed by atoms with van der Waals surface area (Å²) in [6, 6.07) is 3.85. The molecule has 1 aromatic heterocycles. The number of hydrogen-bond acceptors (Lipinski definition) is 6. The highest BCUT2D eigenvalue weighted by Crippen LogP contribution is 2.21. The molecule has 7 nitrogen and oxygen atoms in total. The molecule has 0 spiro atoms. The van der Waals surface area contributed by atoms with E-state index in [0.29, 0.717) is 26.2 Å². The van der Waals surface area contributed by atoms with Crippen molar-refractivity contribution in [3.8, 4) is 0 Å². The van der Waals surface area contributed by atoms with Gasteiger partial charge in [-0.2, -0.15) is 0 Å². The Labute approximate surface area is 136 Å². The molecular weight excluding hydrogens is 316 g/mol. The van der Waals surface area contributed by atoms with Gasteiger partial charge in [-0.15, -0.1) is 0 Å². The molecule has 2 aliphatic rings. The lowest BCUT2D eigenvalue weighted by Gasteiger charge is -2.38. The highest BCUT2D eigenvalue weighted by molar-refractivity contribution is 7.91. The van der Waals surface area contributed by atoms with Crippen molar-refractivity contribution in [3.05, 3.63) is 30.1 Å². The molecule has 0 bridgehead atoms. The third-order valence-electron chi connectivity index (χ3n) is 4.43. The fourth-order valence-corrected chi connectivity index (χ4v) is 4.34. The van der Waals surface area contributed by atoms with E-state index in [9.17, 15) is 13.2 Å². The predicted octanol–water partition coefficient (Wildman–Crippen LogP) is -0.715. The van der Waals surface area contributed by atoms with Crippen molar-refractivity contribution >= 4 is 15.7 Å². The molecule has 2 saturated heterocycles. The Hall–Kier alpha value is -1.51. The van der Waals surface area contributed by atoms with Crippen molar-refractivity contribution < 1.29 is 13.2 Å². The SMILES string of the molecule is O=C(CN1CCS(=O)(=O)CC1)N1CCNCC1c1cccnc1. The van der Waals surface area contributed by atoms with Gasteiger partial charge in [0.05, 0.1) is 24.1 Å². The minimum absolute atomic E-state index is 0.0153. The lowest BCUT2D eigenvalue weighted by molar-refractivity contribution is -0.135. The van der Waals surface area contributed by atoms with Gasteiger partial charge in [0.15, 0.2) is 9.84 Å². The van der Waals surface area contributed by atoms with E-state index in [2.05, 4.69) is 10.3 Å². The van der Waals surface area contributed by atoms with Crippen LogP contribution < -0.4 is 5.32 Å². The standard InChI is InChI=1S/C15H22N4O3S/c20-15(12-18-6-8-23(21,22)9-7-18)19-5-4-17-11-14(19)13-2-1-3-16-10-13/h1-3,10,14,17H,4-9,11-12H2. The molecule has 0 saturated carbocycles. The molecule has 2 aliphatic heterocycles. The minimum atomic E-state index is -2.91. The number of sulfone groups is 1. The molecule has 0 aromatic carbocycles. The average molecular weight is 338 g/mol. The molecule has 1 amide bonds. The molecule has 23 heavy (non-hydrogen) atoms. The molecule has 1 unspecified atom stereocenters. The third kappa shape index (κ3) is 4.07. The quantitative estimate of drug-likeness (QED) is 0.784. The van der Waals surface area contributed by atoms with Gasteiger partial charge in [0.1, 0.15) is 0 Å². The monoisotopic (exact) mass is 338 g/mol. The molecule has 1 atom stereocenters. The van der Waals surface area contributed by atoms with Crippen LogP contribution in [0.5, 0.6) is 0 Å². The van der Waals surface area contributed by atoms with Crippen LogP contribution in [0.2, 0.25) is 0 Å². The molecular formula is C15H22N4O3S. The van der Waals surface area contributed by atoms with E-state index in [-0.39, 0.29) is 30.0 Å². The second kappa shape index (κ2) is 6.94. The second-order valence-electron chi connectivity index (χ2n) is 6.02. The summed E-state index contributed by atoms with van der Waals surface area (Å²) in [4.78, 5) is 20.7. The molecule has 0 radical (unpaired) electrons. The zero-order chi connectivity index (χ0) is 16.3. The van der Waals surface area contributed by atoms with Crippen LogP contribution in [0.4, 0.5) is 0 Å². The number of hydrogen-bond donors (Lipinski definition) is 1. The number of carbonyl (C=O) groups excluding carboxylic acids is 1. The fraction of sp³-hybridized carbons (Fsp3) is 0.600. The van der Waals surface area contributed by atoms with Gasteiger partial charge in [-0.25, -0.2) is 8.42 Å². The van der Waals surface area contributed by atoms with Crippen LogP contribution in [-0.2, 0) is 14.6 Å². The van der Waals surface area contributed by atoms with E-state index in [0.717, 1.165) is 12.1 Å². The summed E-state index contributed by atoms with van der Waals surface area (Å²) in [6.45, 7) is 3.31. The molecule has 0 aliphatic carbocycles. The van der Waals surface area contributed by atoms with Crippen LogP contribution in [0, 0.1) is 0 Å². The maximum absolute atomic E-state index is 12.7.